The van der Waals surface area contributed by atoms with Gasteiger partial charge in [0.1, 0.15) is 11.4 Å². The minimum Gasteiger partial charge on any atom is -0.480 e. The van der Waals surface area contributed by atoms with Crippen molar-refractivity contribution in [1.29, 1.82) is 0 Å². The molecule has 0 aliphatic carbocycles. The van der Waals surface area contributed by atoms with Gasteiger partial charge in [-0.05, 0) is 37.6 Å². The minimum atomic E-state index is -2.98. The highest BCUT2D eigenvalue weighted by Gasteiger charge is 2.43. The third-order valence-corrected chi connectivity index (χ3v) is 7.80. The van der Waals surface area contributed by atoms with Crippen molar-refractivity contribution in [3.63, 3.8) is 0 Å². The van der Waals surface area contributed by atoms with E-state index >= 15 is 0 Å². The molecule has 212 valence electrons. The lowest BCUT2D eigenvalue weighted by molar-refractivity contribution is -0.142. The number of carbonyl (C=O) groups is 3. The molecule has 0 spiro atoms. The predicted molar refractivity (Wildman–Crippen MR) is 142 cm³/mol. The van der Waals surface area contributed by atoms with Crippen LogP contribution in [-0.4, -0.2) is 61.7 Å². The van der Waals surface area contributed by atoms with Gasteiger partial charge in [-0.3, -0.25) is 9.59 Å². The number of alkyl halides is 2. The van der Waals surface area contributed by atoms with Gasteiger partial charge >= 0.3 is 12.6 Å². The van der Waals surface area contributed by atoms with Crippen LogP contribution in [0.1, 0.15) is 63.6 Å². The molecule has 3 atom stereocenters. The number of benzene rings is 2. The molecule has 0 saturated heterocycles. The van der Waals surface area contributed by atoms with Gasteiger partial charge in [0.15, 0.2) is 6.04 Å². The average molecular weight is 584 g/mol. The highest BCUT2D eigenvalue weighted by molar-refractivity contribution is 6.33. The van der Waals surface area contributed by atoms with Crippen LogP contribution >= 0.6 is 11.6 Å². The van der Waals surface area contributed by atoms with Crippen molar-refractivity contribution >= 4 is 35.1 Å². The predicted octanol–water partition coefficient (Wildman–Crippen LogP) is 5.12. The van der Waals surface area contributed by atoms with Crippen LogP contribution in [0.25, 0.3) is 4.85 Å². The van der Waals surface area contributed by atoms with Crippen LogP contribution in [0, 0.1) is 6.57 Å². The molecule has 0 fully saturated rings. The van der Waals surface area contributed by atoms with Gasteiger partial charge in [-0.2, -0.15) is 13.9 Å². The fraction of sp³-hybridized carbons (Fsp3) is 0.321. The zero-order valence-electron chi connectivity index (χ0n) is 21.9. The van der Waals surface area contributed by atoms with Crippen molar-refractivity contribution in [2.75, 3.05) is 6.54 Å². The van der Waals surface area contributed by atoms with Crippen molar-refractivity contribution in [1.82, 2.24) is 19.6 Å². The number of ether oxygens (including phenoxy) is 1. The van der Waals surface area contributed by atoms with Crippen molar-refractivity contribution in [2.24, 2.45) is 0 Å². The summed E-state index contributed by atoms with van der Waals surface area (Å²) in [6.45, 7) is 7.71. The minimum absolute atomic E-state index is 0.0145. The maximum absolute atomic E-state index is 13.9. The number of carbonyl (C=O) groups excluding carboxylic acids is 2. The van der Waals surface area contributed by atoms with E-state index in [2.05, 4.69) is 14.7 Å². The molecular weight excluding hydrogens is 560 g/mol. The van der Waals surface area contributed by atoms with E-state index in [-0.39, 0.29) is 52.8 Å². The summed E-state index contributed by atoms with van der Waals surface area (Å²) in [4.78, 5) is 46.0. The molecular formula is C28H24ClF2N5O5. The Hall–Kier alpha value is -4.50. The summed E-state index contributed by atoms with van der Waals surface area (Å²) in [6.07, 6.45) is 0.297. The molecule has 1 N–H and O–H groups in total. The summed E-state index contributed by atoms with van der Waals surface area (Å²) in [5.41, 5.74) is 2.09. The summed E-state index contributed by atoms with van der Waals surface area (Å²) < 4.78 is 30.7. The standard InChI is InChI=1S/C28H24ClF2N5O5/c1-14-10-21-19(12-34(14)25(37)17-6-9-20(29)22(11-17)32-3)24-26(38)35(13-23(27(39)40)36(24)33-21)15(2)16-4-7-18(8-5-16)41-28(30)31/h4-9,11,14-15,23,28H,10,12-13H2,1-2H3,(H,39,40)/t14-,15+,23+/m1/s1. The van der Waals surface area contributed by atoms with E-state index in [1.807, 2.05) is 6.92 Å². The molecule has 3 aromatic rings. The number of amides is 2. The molecule has 13 heteroatoms. The van der Waals surface area contributed by atoms with Crippen LogP contribution in [0.2, 0.25) is 5.02 Å². The molecule has 0 saturated carbocycles. The van der Waals surface area contributed by atoms with Gasteiger partial charge in [0.25, 0.3) is 11.8 Å². The van der Waals surface area contributed by atoms with E-state index in [9.17, 15) is 28.3 Å². The summed E-state index contributed by atoms with van der Waals surface area (Å²) in [5, 5.41) is 14.8. The van der Waals surface area contributed by atoms with Crippen LogP contribution in [0.4, 0.5) is 14.5 Å². The second kappa shape index (κ2) is 10.8. The summed E-state index contributed by atoms with van der Waals surface area (Å²) >= 11 is 6.04. The molecule has 2 amide bonds. The van der Waals surface area contributed by atoms with Crippen LogP contribution in [-0.2, 0) is 17.8 Å². The normalized spacial score (nSPS) is 18.9. The Morgan fingerprint density at radius 1 is 1.22 bits per heavy atom. The number of hydrogen-bond acceptors (Lipinski definition) is 5. The molecule has 0 unspecified atom stereocenters. The first kappa shape index (κ1) is 28.0. The van der Waals surface area contributed by atoms with Gasteiger partial charge in [-0.25, -0.2) is 14.3 Å². The Bertz CT molecular complexity index is 1590. The molecule has 2 aliphatic heterocycles. The summed E-state index contributed by atoms with van der Waals surface area (Å²) in [7, 11) is 0. The lowest BCUT2D eigenvalue weighted by Gasteiger charge is -2.37. The van der Waals surface area contributed by atoms with E-state index in [4.69, 9.17) is 18.2 Å². The molecule has 41 heavy (non-hydrogen) atoms. The highest BCUT2D eigenvalue weighted by atomic mass is 35.5. The summed E-state index contributed by atoms with van der Waals surface area (Å²) in [5.74, 6) is -2.04. The molecule has 10 nitrogen and oxygen atoms in total. The Kier molecular flexibility index (Phi) is 7.40. The van der Waals surface area contributed by atoms with E-state index in [0.29, 0.717) is 23.2 Å². The first-order chi connectivity index (χ1) is 19.5. The fourth-order valence-electron chi connectivity index (χ4n) is 5.29. The van der Waals surface area contributed by atoms with Crippen LogP contribution in [0.3, 0.4) is 0 Å². The van der Waals surface area contributed by atoms with Gasteiger partial charge < -0.3 is 19.6 Å². The van der Waals surface area contributed by atoms with Crippen molar-refractivity contribution in [2.45, 2.75) is 51.6 Å². The first-order valence-electron chi connectivity index (χ1n) is 12.7. The second-order valence-corrected chi connectivity index (χ2v) is 10.3. The number of nitrogens with zero attached hydrogens (tertiary/aromatic N) is 5. The number of rotatable bonds is 6. The van der Waals surface area contributed by atoms with E-state index in [0.717, 1.165) is 0 Å². The lowest BCUT2D eigenvalue weighted by atomic mass is 9.96. The van der Waals surface area contributed by atoms with Gasteiger partial charge in [-0.15, -0.1) is 0 Å². The van der Waals surface area contributed by atoms with Gasteiger partial charge in [0, 0.05) is 28.6 Å². The van der Waals surface area contributed by atoms with E-state index < -0.39 is 30.6 Å². The molecule has 0 radical (unpaired) electrons. The van der Waals surface area contributed by atoms with Gasteiger partial charge in [-0.1, -0.05) is 35.9 Å². The van der Waals surface area contributed by atoms with Crippen LogP contribution < -0.4 is 4.74 Å². The highest BCUT2D eigenvalue weighted by Crippen LogP contribution is 2.36. The zero-order valence-corrected chi connectivity index (χ0v) is 22.7. The van der Waals surface area contributed by atoms with Crippen LogP contribution in [0.15, 0.2) is 42.5 Å². The molecule has 3 heterocycles. The molecule has 0 bridgehead atoms. The number of carboxylic acids is 1. The van der Waals surface area contributed by atoms with Crippen LogP contribution in [0.5, 0.6) is 5.75 Å². The number of hydrogen-bond donors (Lipinski definition) is 1. The largest absolute Gasteiger partial charge is 0.480 e. The SMILES string of the molecule is [C-]#[N+]c1cc(C(=O)N2Cc3c(nn4c3C(=O)N([C@@H](C)c3ccc(OC(F)F)cc3)C[C@H]4C(=O)O)C[C@H]2C)ccc1Cl. The molecule has 5 rings (SSSR count). The number of halogens is 3. The Morgan fingerprint density at radius 3 is 2.56 bits per heavy atom. The van der Waals surface area contributed by atoms with Crippen molar-refractivity contribution < 1.29 is 33.0 Å². The maximum Gasteiger partial charge on any atom is 0.387 e. The Labute approximate surface area is 238 Å². The maximum atomic E-state index is 13.9. The average Bonchev–Trinajstić information content (AvgIpc) is 3.30. The fourth-order valence-corrected chi connectivity index (χ4v) is 5.45. The number of aromatic nitrogens is 2. The second-order valence-electron chi connectivity index (χ2n) is 9.92. The third kappa shape index (κ3) is 5.09. The third-order valence-electron chi connectivity index (χ3n) is 7.48. The van der Waals surface area contributed by atoms with Gasteiger partial charge in [0.05, 0.1) is 31.4 Å². The monoisotopic (exact) mass is 583 g/mol. The zero-order chi connectivity index (χ0) is 29.6. The molecule has 1 aromatic heterocycles. The quantitative estimate of drug-likeness (QED) is 0.404. The first-order valence-corrected chi connectivity index (χ1v) is 13.0. The lowest BCUT2D eigenvalue weighted by Crippen LogP contribution is -2.47. The van der Waals surface area contributed by atoms with E-state index in [1.165, 1.54) is 39.9 Å². The van der Waals surface area contributed by atoms with Gasteiger partial charge in [0.2, 0.25) is 5.69 Å². The number of aliphatic carboxylic acids is 1. The smallest absolute Gasteiger partial charge is 0.387 e. The molecule has 2 aromatic carbocycles. The molecule has 2 aliphatic rings. The number of fused-ring (bicyclic) bond motifs is 3. The Morgan fingerprint density at radius 2 is 1.93 bits per heavy atom. The summed E-state index contributed by atoms with van der Waals surface area (Å²) in [6, 6.07) is 8.12. The topological polar surface area (TPSA) is 109 Å². The number of carboxylic acid groups (broad SMARTS) is 1. The van der Waals surface area contributed by atoms with Crippen molar-refractivity contribution in [3.8, 4) is 5.75 Å². The Balaban J connectivity index is 1.48. The van der Waals surface area contributed by atoms with Crippen molar-refractivity contribution in [3.05, 3.63) is 87.0 Å². The van der Waals surface area contributed by atoms with E-state index in [1.54, 1.807) is 24.0 Å².